The normalized spacial score (nSPS) is 27.2. The maximum Gasteiger partial charge on any atom is 0.192 e. The van der Waals surface area contributed by atoms with Crippen LogP contribution in [0.2, 0.25) is 18.1 Å². The Morgan fingerprint density at radius 2 is 1.92 bits per heavy atom. The molecule has 0 radical (unpaired) electrons. The van der Waals surface area contributed by atoms with E-state index in [1.54, 1.807) is 7.11 Å². The van der Waals surface area contributed by atoms with Crippen LogP contribution in [0.25, 0.3) is 0 Å². The van der Waals surface area contributed by atoms with Gasteiger partial charge in [0.2, 0.25) is 0 Å². The van der Waals surface area contributed by atoms with E-state index in [0.717, 1.165) is 11.4 Å². The van der Waals surface area contributed by atoms with E-state index in [1.165, 1.54) is 0 Å². The molecule has 26 heavy (non-hydrogen) atoms. The highest BCUT2D eigenvalue weighted by molar-refractivity contribution is 6.74. The van der Waals surface area contributed by atoms with Gasteiger partial charge in [-0.05, 0) is 30.3 Å². The summed E-state index contributed by atoms with van der Waals surface area (Å²) in [4.78, 5) is 0. The molecule has 0 aliphatic carbocycles. The minimum Gasteiger partial charge on any atom is -0.497 e. The van der Waals surface area contributed by atoms with Crippen molar-refractivity contribution < 1.29 is 24.1 Å². The summed E-state index contributed by atoms with van der Waals surface area (Å²) in [6.45, 7) is 11.4. The molecule has 0 spiro atoms. The Morgan fingerprint density at radius 1 is 1.23 bits per heavy atom. The number of anilines is 1. The molecule has 0 bridgehead atoms. The molecular formula is C19H33NO5Si. The first-order valence-corrected chi connectivity index (χ1v) is 12.0. The standard InChI is InChI=1S/C19H33NO5Si/c1-19(2,3)26(5,6)25-12-16-18(22)17(21)15(11-24-16)20-13-8-7-9-14(10-13)23-4/h7-10,15-18,20-22H,11-12H2,1-6H3/t15-,16-,17+,18-/m0/s1. The highest BCUT2D eigenvalue weighted by Gasteiger charge is 2.42. The smallest absolute Gasteiger partial charge is 0.192 e. The molecule has 0 unspecified atom stereocenters. The maximum atomic E-state index is 10.5. The summed E-state index contributed by atoms with van der Waals surface area (Å²) in [5.41, 5.74) is 0.806. The molecule has 1 saturated heterocycles. The first kappa shape index (κ1) is 21.2. The number of hydrogen-bond donors (Lipinski definition) is 3. The number of hydrogen-bond acceptors (Lipinski definition) is 6. The van der Waals surface area contributed by atoms with Crippen LogP contribution in [0.3, 0.4) is 0 Å². The van der Waals surface area contributed by atoms with E-state index >= 15 is 0 Å². The van der Waals surface area contributed by atoms with Crippen LogP contribution in [-0.2, 0) is 9.16 Å². The lowest BCUT2D eigenvalue weighted by Crippen LogP contribution is -2.57. The number of nitrogens with one attached hydrogen (secondary N) is 1. The molecule has 3 N–H and O–H groups in total. The van der Waals surface area contributed by atoms with Crippen LogP contribution < -0.4 is 10.1 Å². The predicted molar refractivity (Wildman–Crippen MR) is 105 cm³/mol. The van der Waals surface area contributed by atoms with E-state index in [-0.39, 0.29) is 5.04 Å². The fourth-order valence-electron chi connectivity index (χ4n) is 2.59. The lowest BCUT2D eigenvalue weighted by atomic mass is 9.98. The van der Waals surface area contributed by atoms with Crippen molar-refractivity contribution in [3.8, 4) is 5.75 Å². The van der Waals surface area contributed by atoms with E-state index in [1.807, 2.05) is 24.3 Å². The molecule has 4 atom stereocenters. The van der Waals surface area contributed by atoms with E-state index in [0.29, 0.717) is 13.2 Å². The third-order valence-electron chi connectivity index (χ3n) is 5.47. The van der Waals surface area contributed by atoms with Crippen molar-refractivity contribution in [2.45, 2.75) is 63.3 Å². The zero-order chi connectivity index (χ0) is 19.5. The van der Waals surface area contributed by atoms with Gasteiger partial charge < -0.3 is 29.4 Å². The second-order valence-corrected chi connectivity index (χ2v) is 13.2. The van der Waals surface area contributed by atoms with Gasteiger partial charge in [-0.1, -0.05) is 26.8 Å². The van der Waals surface area contributed by atoms with Gasteiger partial charge in [-0.15, -0.1) is 0 Å². The number of ether oxygens (including phenoxy) is 2. The summed E-state index contributed by atoms with van der Waals surface area (Å²) in [6, 6.07) is 7.03. The van der Waals surface area contributed by atoms with E-state index < -0.39 is 32.7 Å². The molecule has 1 fully saturated rings. The fraction of sp³-hybridized carbons (Fsp3) is 0.684. The van der Waals surface area contributed by atoms with Crippen molar-refractivity contribution in [3.05, 3.63) is 24.3 Å². The summed E-state index contributed by atoms with van der Waals surface area (Å²) in [6.07, 6.45) is -2.47. The maximum absolute atomic E-state index is 10.5. The molecule has 7 heteroatoms. The molecule has 0 aromatic heterocycles. The van der Waals surface area contributed by atoms with Gasteiger partial charge in [0.1, 0.15) is 24.1 Å². The lowest BCUT2D eigenvalue weighted by molar-refractivity contribution is -0.151. The minimum absolute atomic E-state index is 0.0850. The number of aliphatic hydroxyl groups is 2. The molecule has 0 amide bonds. The van der Waals surface area contributed by atoms with Gasteiger partial charge >= 0.3 is 0 Å². The molecule has 1 aromatic rings. The van der Waals surface area contributed by atoms with Crippen molar-refractivity contribution in [1.29, 1.82) is 0 Å². The zero-order valence-electron chi connectivity index (χ0n) is 16.7. The third-order valence-corrected chi connectivity index (χ3v) is 9.97. The molecule has 1 heterocycles. The Labute approximate surface area is 157 Å². The molecular weight excluding hydrogens is 350 g/mol. The van der Waals surface area contributed by atoms with Gasteiger partial charge in [0.25, 0.3) is 0 Å². The first-order valence-electron chi connectivity index (χ1n) is 9.07. The van der Waals surface area contributed by atoms with Gasteiger partial charge in [0.15, 0.2) is 8.32 Å². The predicted octanol–water partition coefficient (Wildman–Crippen LogP) is 2.62. The molecule has 1 aromatic carbocycles. The number of benzene rings is 1. The fourth-order valence-corrected chi connectivity index (χ4v) is 3.60. The Morgan fingerprint density at radius 3 is 2.54 bits per heavy atom. The summed E-state index contributed by atoms with van der Waals surface area (Å²) in [5, 5.41) is 24.3. The van der Waals surface area contributed by atoms with Crippen molar-refractivity contribution in [3.63, 3.8) is 0 Å². The molecule has 6 nitrogen and oxygen atoms in total. The average Bonchev–Trinajstić information content (AvgIpc) is 2.57. The Balaban J connectivity index is 1.94. The van der Waals surface area contributed by atoms with Gasteiger partial charge in [-0.25, -0.2) is 0 Å². The number of methoxy groups -OCH3 is 1. The van der Waals surface area contributed by atoms with Crippen LogP contribution in [0.15, 0.2) is 24.3 Å². The third kappa shape index (κ3) is 4.98. The quantitative estimate of drug-likeness (QED) is 0.655. The topological polar surface area (TPSA) is 80.2 Å². The van der Waals surface area contributed by atoms with Gasteiger partial charge in [-0.3, -0.25) is 0 Å². The van der Waals surface area contributed by atoms with Crippen molar-refractivity contribution in [2.24, 2.45) is 0 Å². The SMILES string of the molecule is COc1cccc(N[C@H]2CO[C@@H](CO[Si](C)(C)C(C)(C)C)[C@H](O)[C@@H]2O)c1. The summed E-state index contributed by atoms with van der Waals surface area (Å²) in [7, 11) is -0.326. The zero-order valence-corrected chi connectivity index (χ0v) is 17.7. The monoisotopic (exact) mass is 383 g/mol. The second kappa shape index (κ2) is 8.27. The van der Waals surface area contributed by atoms with Crippen molar-refractivity contribution >= 4 is 14.0 Å². The molecule has 1 aliphatic rings. The second-order valence-electron chi connectivity index (χ2n) is 8.41. The van der Waals surface area contributed by atoms with E-state index in [4.69, 9.17) is 13.9 Å². The van der Waals surface area contributed by atoms with Gasteiger partial charge in [0, 0.05) is 11.8 Å². The van der Waals surface area contributed by atoms with Crippen LogP contribution in [-0.4, -0.2) is 63.2 Å². The largest absolute Gasteiger partial charge is 0.497 e. The lowest BCUT2D eigenvalue weighted by Gasteiger charge is -2.41. The first-order chi connectivity index (χ1) is 12.0. The summed E-state index contributed by atoms with van der Waals surface area (Å²) >= 11 is 0. The Hall–Kier alpha value is -1.12. The Kier molecular flexibility index (Phi) is 6.74. The summed E-state index contributed by atoms with van der Waals surface area (Å²) in [5.74, 6) is 0.724. The van der Waals surface area contributed by atoms with Gasteiger partial charge in [0.05, 0.1) is 26.4 Å². The van der Waals surface area contributed by atoms with Crippen LogP contribution in [0.4, 0.5) is 5.69 Å². The molecule has 2 rings (SSSR count). The minimum atomic E-state index is -1.93. The Bertz CT molecular complexity index is 590. The molecule has 148 valence electrons. The van der Waals surface area contributed by atoms with Gasteiger partial charge in [-0.2, -0.15) is 0 Å². The number of aliphatic hydroxyl groups excluding tert-OH is 2. The average molecular weight is 384 g/mol. The highest BCUT2D eigenvalue weighted by atomic mass is 28.4. The van der Waals surface area contributed by atoms with Crippen LogP contribution in [0.5, 0.6) is 5.75 Å². The molecule has 1 aliphatic heterocycles. The molecule has 0 saturated carbocycles. The van der Waals surface area contributed by atoms with E-state index in [2.05, 4.69) is 39.2 Å². The van der Waals surface area contributed by atoms with Crippen molar-refractivity contribution in [2.75, 3.05) is 25.6 Å². The van der Waals surface area contributed by atoms with Crippen LogP contribution >= 0.6 is 0 Å². The number of rotatable bonds is 6. The van der Waals surface area contributed by atoms with Crippen LogP contribution in [0, 0.1) is 0 Å². The van der Waals surface area contributed by atoms with Crippen molar-refractivity contribution in [1.82, 2.24) is 0 Å². The van der Waals surface area contributed by atoms with E-state index in [9.17, 15) is 10.2 Å². The summed E-state index contributed by atoms with van der Waals surface area (Å²) < 4.78 is 17.1. The van der Waals surface area contributed by atoms with Crippen LogP contribution in [0.1, 0.15) is 20.8 Å². The highest BCUT2D eigenvalue weighted by Crippen LogP contribution is 2.37.